The summed E-state index contributed by atoms with van der Waals surface area (Å²) in [6, 6.07) is 4.62. The smallest absolute Gasteiger partial charge is 0.245 e. The van der Waals surface area contributed by atoms with Crippen molar-refractivity contribution in [1.29, 1.82) is 0 Å². The number of nitrogens with two attached hydrogens (primary N) is 2. The molecular weight excluding hydrogens is 378 g/mol. The number of benzene rings is 1. The third-order valence-corrected chi connectivity index (χ3v) is 6.87. The standard InChI is InChI=1S/C17H25N3O4S.ClH/c1-10-6-7-11(9-13(10)25(19,22)23)20-15(21)17(18)12-5-4-8-24-14(12)16(17,2)3;/h6-7,9,12,14H,4-5,8,18H2,1-3H3,(H,20,21)(H2,19,22,23);1H. The number of halogens is 1. The lowest BCUT2D eigenvalue weighted by atomic mass is 9.46. The van der Waals surface area contributed by atoms with Gasteiger partial charge < -0.3 is 15.8 Å². The van der Waals surface area contributed by atoms with Crippen molar-refractivity contribution in [1.82, 2.24) is 0 Å². The molecule has 1 heterocycles. The lowest BCUT2D eigenvalue weighted by Crippen LogP contribution is -2.81. The highest BCUT2D eigenvalue weighted by atomic mass is 35.5. The molecule has 1 aromatic carbocycles. The molecule has 1 aliphatic carbocycles. The van der Waals surface area contributed by atoms with Crippen molar-refractivity contribution in [3.8, 4) is 0 Å². The van der Waals surface area contributed by atoms with Crippen molar-refractivity contribution in [2.45, 2.75) is 50.2 Å². The maximum Gasteiger partial charge on any atom is 0.245 e. The summed E-state index contributed by atoms with van der Waals surface area (Å²) < 4.78 is 29.2. The van der Waals surface area contributed by atoms with Gasteiger partial charge in [0.25, 0.3) is 0 Å². The molecule has 5 N–H and O–H groups in total. The van der Waals surface area contributed by atoms with Crippen LogP contribution in [0.5, 0.6) is 0 Å². The second-order valence-electron chi connectivity index (χ2n) is 7.61. The van der Waals surface area contributed by atoms with Gasteiger partial charge in [-0.1, -0.05) is 19.9 Å². The number of hydrogen-bond acceptors (Lipinski definition) is 5. The predicted octanol–water partition coefficient (Wildman–Crippen LogP) is 1.54. The number of ether oxygens (including phenoxy) is 1. The zero-order valence-corrected chi connectivity index (χ0v) is 16.7. The van der Waals surface area contributed by atoms with Crippen LogP contribution in [0.25, 0.3) is 0 Å². The first-order chi connectivity index (χ1) is 11.5. The molecule has 3 atom stereocenters. The summed E-state index contributed by atoms with van der Waals surface area (Å²) in [6.45, 7) is 6.21. The number of carbonyl (C=O) groups excluding carboxylic acids is 1. The summed E-state index contributed by atoms with van der Waals surface area (Å²) >= 11 is 0. The first-order valence-electron chi connectivity index (χ1n) is 8.35. The minimum atomic E-state index is -3.86. The fourth-order valence-corrected chi connectivity index (χ4v) is 5.06. The second-order valence-corrected chi connectivity index (χ2v) is 9.14. The van der Waals surface area contributed by atoms with E-state index in [9.17, 15) is 13.2 Å². The molecule has 26 heavy (non-hydrogen) atoms. The number of nitrogens with one attached hydrogen (secondary N) is 1. The molecule has 1 aliphatic heterocycles. The zero-order chi connectivity index (χ0) is 18.6. The lowest BCUT2D eigenvalue weighted by Gasteiger charge is -2.65. The summed E-state index contributed by atoms with van der Waals surface area (Å²) in [5.74, 6) is -0.368. The van der Waals surface area contributed by atoms with Gasteiger partial charge in [-0.05, 0) is 37.5 Å². The number of primary sulfonamides is 1. The minimum Gasteiger partial charge on any atom is -0.377 e. The van der Waals surface area contributed by atoms with Gasteiger partial charge in [0.05, 0.1) is 11.0 Å². The normalized spacial score (nSPS) is 29.7. The Bertz CT molecular complexity index is 827. The van der Waals surface area contributed by atoms with Crippen LogP contribution in [0.15, 0.2) is 23.1 Å². The van der Waals surface area contributed by atoms with Gasteiger partial charge in [0.2, 0.25) is 15.9 Å². The minimum absolute atomic E-state index is 0. The zero-order valence-electron chi connectivity index (χ0n) is 15.1. The van der Waals surface area contributed by atoms with Crippen molar-refractivity contribution in [3.63, 3.8) is 0 Å². The van der Waals surface area contributed by atoms with Crippen LogP contribution in [0.1, 0.15) is 32.3 Å². The van der Waals surface area contributed by atoms with E-state index >= 15 is 0 Å². The molecule has 1 amide bonds. The highest BCUT2D eigenvalue weighted by Gasteiger charge is 2.70. The Kier molecular flexibility index (Phi) is 5.49. The van der Waals surface area contributed by atoms with E-state index in [0.717, 1.165) is 12.8 Å². The number of hydrogen-bond donors (Lipinski definition) is 3. The van der Waals surface area contributed by atoms with Gasteiger partial charge in [-0.15, -0.1) is 12.4 Å². The van der Waals surface area contributed by atoms with Crippen molar-refractivity contribution in [3.05, 3.63) is 23.8 Å². The van der Waals surface area contributed by atoms with Crippen LogP contribution in [0.3, 0.4) is 0 Å². The highest BCUT2D eigenvalue weighted by Crippen LogP contribution is 2.57. The number of carbonyl (C=O) groups is 1. The van der Waals surface area contributed by atoms with E-state index in [1.54, 1.807) is 19.1 Å². The number of anilines is 1. The van der Waals surface area contributed by atoms with E-state index in [0.29, 0.717) is 17.9 Å². The quantitative estimate of drug-likeness (QED) is 0.705. The third-order valence-electron chi connectivity index (χ3n) is 5.81. The summed E-state index contributed by atoms with van der Waals surface area (Å²) in [5.41, 5.74) is 5.86. The Balaban J connectivity index is 0.00000243. The molecule has 2 fully saturated rings. The van der Waals surface area contributed by atoms with E-state index in [1.807, 2.05) is 13.8 Å². The summed E-state index contributed by atoms with van der Waals surface area (Å²) in [5, 5.41) is 8.00. The predicted molar refractivity (Wildman–Crippen MR) is 102 cm³/mol. The molecule has 1 aromatic rings. The van der Waals surface area contributed by atoms with Gasteiger partial charge in [-0.3, -0.25) is 4.79 Å². The van der Waals surface area contributed by atoms with E-state index in [-0.39, 0.29) is 35.2 Å². The van der Waals surface area contributed by atoms with Crippen molar-refractivity contribution in [2.24, 2.45) is 22.2 Å². The fourth-order valence-electron chi connectivity index (χ4n) is 4.26. The van der Waals surface area contributed by atoms with Gasteiger partial charge >= 0.3 is 0 Å². The highest BCUT2D eigenvalue weighted by molar-refractivity contribution is 7.89. The van der Waals surface area contributed by atoms with Gasteiger partial charge in [-0.25, -0.2) is 13.6 Å². The molecule has 3 rings (SSSR count). The molecule has 146 valence electrons. The first kappa shape index (κ1) is 21.1. The molecule has 9 heteroatoms. The summed E-state index contributed by atoms with van der Waals surface area (Å²) in [6.07, 6.45) is 1.69. The summed E-state index contributed by atoms with van der Waals surface area (Å²) in [4.78, 5) is 12.9. The van der Waals surface area contributed by atoms with Crippen LogP contribution in [-0.4, -0.2) is 32.6 Å². The first-order valence-corrected chi connectivity index (χ1v) is 9.89. The molecule has 3 unspecified atom stereocenters. The number of sulfonamides is 1. The van der Waals surface area contributed by atoms with E-state index in [2.05, 4.69) is 5.32 Å². The Morgan fingerprint density at radius 1 is 1.35 bits per heavy atom. The van der Waals surface area contributed by atoms with Gasteiger partial charge in [-0.2, -0.15) is 0 Å². The number of rotatable bonds is 3. The Morgan fingerprint density at radius 3 is 2.62 bits per heavy atom. The SMILES string of the molecule is Cc1ccc(NC(=O)C2(N)C3CCCOC3C2(C)C)cc1S(N)(=O)=O.Cl. The molecule has 0 aromatic heterocycles. The average molecular weight is 404 g/mol. The van der Waals surface area contributed by atoms with Crippen molar-refractivity contribution >= 4 is 34.0 Å². The Morgan fingerprint density at radius 2 is 2.00 bits per heavy atom. The van der Waals surface area contributed by atoms with Crippen LogP contribution >= 0.6 is 12.4 Å². The van der Waals surface area contributed by atoms with Gasteiger partial charge in [0.15, 0.2) is 0 Å². The molecular formula is C17H26ClN3O4S. The lowest BCUT2D eigenvalue weighted by molar-refractivity contribution is -0.222. The monoisotopic (exact) mass is 403 g/mol. The molecule has 2 aliphatic rings. The van der Waals surface area contributed by atoms with E-state index in [1.165, 1.54) is 6.07 Å². The molecule has 1 saturated carbocycles. The number of aryl methyl sites for hydroxylation is 1. The number of fused-ring (bicyclic) bond motifs is 1. The van der Waals surface area contributed by atoms with Gasteiger partial charge in [0.1, 0.15) is 5.54 Å². The van der Waals surface area contributed by atoms with E-state index < -0.39 is 21.0 Å². The van der Waals surface area contributed by atoms with Crippen molar-refractivity contribution in [2.75, 3.05) is 11.9 Å². The van der Waals surface area contributed by atoms with Crippen LogP contribution < -0.4 is 16.2 Å². The fraction of sp³-hybridized carbons (Fsp3) is 0.588. The average Bonchev–Trinajstić information content (AvgIpc) is 2.54. The largest absolute Gasteiger partial charge is 0.377 e. The molecule has 0 spiro atoms. The Hall–Kier alpha value is -1.19. The number of amides is 1. The molecule has 1 saturated heterocycles. The van der Waals surface area contributed by atoms with Crippen LogP contribution in [0.4, 0.5) is 5.69 Å². The van der Waals surface area contributed by atoms with Crippen LogP contribution in [0, 0.1) is 18.3 Å². The van der Waals surface area contributed by atoms with Crippen molar-refractivity contribution < 1.29 is 17.9 Å². The molecule has 7 nitrogen and oxygen atoms in total. The van der Waals surface area contributed by atoms with E-state index in [4.69, 9.17) is 15.6 Å². The van der Waals surface area contributed by atoms with Crippen LogP contribution in [-0.2, 0) is 19.6 Å². The Labute approximate surface area is 160 Å². The molecule has 0 radical (unpaired) electrons. The topological polar surface area (TPSA) is 125 Å². The third kappa shape index (κ3) is 3.03. The molecule has 0 bridgehead atoms. The maximum absolute atomic E-state index is 13.0. The van der Waals surface area contributed by atoms with Crippen LogP contribution in [0.2, 0.25) is 0 Å². The second kappa shape index (κ2) is 6.76. The maximum atomic E-state index is 13.0. The van der Waals surface area contributed by atoms with Gasteiger partial charge in [0, 0.05) is 23.6 Å². The summed E-state index contributed by atoms with van der Waals surface area (Å²) in [7, 11) is -3.86.